The Morgan fingerprint density at radius 1 is 1.11 bits per heavy atom. The number of hydrogen-bond donors (Lipinski definition) is 2. The van der Waals surface area contributed by atoms with Crippen LogP contribution in [0, 0.1) is 6.92 Å². The molecule has 0 spiro atoms. The Bertz CT molecular complexity index is 735. The van der Waals surface area contributed by atoms with Crippen LogP contribution >= 0.6 is 11.6 Å². The Morgan fingerprint density at radius 3 is 2.43 bits per heavy atom. The Balaban J connectivity index is 1.57. The van der Waals surface area contributed by atoms with E-state index >= 15 is 0 Å². The lowest BCUT2D eigenvalue weighted by atomic mass is 9.92. The first-order chi connectivity index (χ1) is 13.4. The molecule has 28 heavy (non-hydrogen) atoms. The van der Waals surface area contributed by atoms with Crippen LogP contribution < -0.4 is 10.6 Å². The molecular weight excluding hydrogens is 378 g/mol. The summed E-state index contributed by atoms with van der Waals surface area (Å²) in [6, 6.07) is 5.38. The standard InChI is InChI=1S/C20H30ClN5O2/c1-4-20(7-8-25(14-20)18(27)22-3)26-11-9-24(10-12-26)19(28)23-17-6-5-16(21)13-15(17)2/h5-6,13H,4,7-12,14H2,1-3H3,(H,22,27)(H,23,28)/t20-/m1/s1. The van der Waals surface area contributed by atoms with Gasteiger partial charge in [0.05, 0.1) is 0 Å². The summed E-state index contributed by atoms with van der Waals surface area (Å²) in [5.41, 5.74) is 1.76. The zero-order valence-corrected chi connectivity index (χ0v) is 17.7. The van der Waals surface area contributed by atoms with Crippen LogP contribution in [0.5, 0.6) is 0 Å². The van der Waals surface area contributed by atoms with E-state index in [1.165, 1.54) is 0 Å². The molecule has 0 aromatic heterocycles. The maximum Gasteiger partial charge on any atom is 0.321 e. The average Bonchev–Trinajstić information content (AvgIpc) is 3.15. The first-order valence-electron chi connectivity index (χ1n) is 9.92. The van der Waals surface area contributed by atoms with Crippen molar-refractivity contribution in [2.45, 2.75) is 32.2 Å². The molecule has 154 valence electrons. The maximum atomic E-state index is 12.7. The quantitative estimate of drug-likeness (QED) is 0.809. The number of aryl methyl sites for hydroxylation is 1. The average molecular weight is 408 g/mol. The number of benzene rings is 1. The summed E-state index contributed by atoms with van der Waals surface area (Å²) < 4.78 is 0. The molecule has 0 radical (unpaired) electrons. The highest BCUT2D eigenvalue weighted by Crippen LogP contribution is 2.32. The number of anilines is 1. The second-order valence-electron chi connectivity index (χ2n) is 7.67. The van der Waals surface area contributed by atoms with Crippen molar-refractivity contribution in [3.05, 3.63) is 28.8 Å². The number of nitrogens with one attached hydrogen (secondary N) is 2. The van der Waals surface area contributed by atoms with Gasteiger partial charge in [-0.25, -0.2) is 9.59 Å². The van der Waals surface area contributed by atoms with E-state index in [1.807, 2.05) is 28.9 Å². The highest BCUT2D eigenvalue weighted by molar-refractivity contribution is 6.30. The van der Waals surface area contributed by atoms with E-state index in [0.29, 0.717) is 18.1 Å². The van der Waals surface area contributed by atoms with Crippen LogP contribution in [0.4, 0.5) is 15.3 Å². The van der Waals surface area contributed by atoms with Crippen LogP contribution in [0.25, 0.3) is 0 Å². The molecule has 1 atom stereocenters. The number of urea groups is 2. The summed E-state index contributed by atoms with van der Waals surface area (Å²) in [5.74, 6) is 0. The Labute approximate surface area is 172 Å². The largest absolute Gasteiger partial charge is 0.341 e. The molecule has 7 nitrogen and oxygen atoms in total. The molecule has 2 N–H and O–H groups in total. The number of piperazine rings is 1. The molecule has 0 saturated carbocycles. The molecule has 0 bridgehead atoms. The molecule has 3 rings (SSSR count). The minimum atomic E-state index is -0.0750. The van der Waals surface area contributed by atoms with Gasteiger partial charge in [0.15, 0.2) is 0 Å². The zero-order valence-electron chi connectivity index (χ0n) is 16.9. The topological polar surface area (TPSA) is 67.9 Å². The summed E-state index contributed by atoms with van der Waals surface area (Å²) in [6.07, 6.45) is 1.98. The number of carbonyl (C=O) groups excluding carboxylic acids is 2. The van der Waals surface area contributed by atoms with Crippen LogP contribution in [0.15, 0.2) is 18.2 Å². The van der Waals surface area contributed by atoms with Gasteiger partial charge < -0.3 is 20.4 Å². The molecule has 2 heterocycles. The number of amides is 4. The Kier molecular flexibility index (Phi) is 6.35. The first-order valence-corrected chi connectivity index (χ1v) is 10.3. The third kappa shape index (κ3) is 4.20. The minimum Gasteiger partial charge on any atom is -0.341 e. The highest BCUT2D eigenvalue weighted by atomic mass is 35.5. The predicted molar refractivity (Wildman–Crippen MR) is 112 cm³/mol. The number of carbonyl (C=O) groups is 2. The number of halogens is 1. The van der Waals surface area contributed by atoms with Crippen molar-refractivity contribution >= 4 is 29.4 Å². The molecule has 4 amide bonds. The second kappa shape index (κ2) is 8.57. The molecule has 2 aliphatic heterocycles. The molecule has 2 saturated heterocycles. The monoisotopic (exact) mass is 407 g/mol. The molecule has 1 aromatic carbocycles. The summed E-state index contributed by atoms with van der Waals surface area (Å²) in [6.45, 7) is 8.66. The van der Waals surface area contributed by atoms with Gasteiger partial charge in [-0.05, 0) is 43.5 Å². The third-order valence-electron chi connectivity index (χ3n) is 6.16. The third-order valence-corrected chi connectivity index (χ3v) is 6.39. The molecule has 0 aliphatic carbocycles. The van der Waals surface area contributed by atoms with E-state index in [1.54, 1.807) is 13.1 Å². The van der Waals surface area contributed by atoms with Gasteiger partial charge in [-0.1, -0.05) is 18.5 Å². The van der Waals surface area contributed by atoms with Crippen molar-refractivity contribution in [2.24, 2.45) is 0 Å². The smallest absolute Gasteiger partial charge is 0.321 e. The lowest BCUT2D eigenvalue weighted by Crippen LogP contribution is -2.59. The van der Waals surface area contributed by atoms with Gasteiger partial charge >= 0.3 is 12.1 Å². The van der Waals surface area contributed by atoms with Crippen molar-refractivity contribution in [3.63, 3.8) is 0 Å². The van der Waals surface area contributed by atoms with Gasteiger partial charge in [-0.15, -0.1) is 0 Å². The van der Waals surface area contributed by atoms with Crippen molar-refractivity contribution in [2.75, 3.05) is 51.6 Å². The molecule has 0 unspecified atom stereocenters. The Hall–Kier alpha value is -1.99. The van der Waals surface area contributed by atoms with Crippen molar-refractivity contribution in [3.8, 4) is 0 Å². The minimum absolute atomic E-state index is 0.00771. The van der Waals surface area contributed by atoms with E-state index in [0.717, 1.165) is 50.3 Å². The highest BCUT2D eigenvalue weighted by Gasteiger charge is 2.44. The molecular formula is C20H30ClN5O2. The maximum absolute atomic E-state index is 12.7. The molecule has 1 aromatic rings. The molecule has 2 fully saturated rings. The lowest BCUT2D eigenvalue weighted by molar-refractivity contribution is 0.0477. The van der Waals surface area contributed by atoms with E-state index in [9.17, 15) is 9.59 Å². The van der Waals surface area contributed by atoms with Crippen LogP contribution in [-0.2, 0) is 0 Å². The fraction of sp³-hybridized carbons (Fsp3) is 0.600. The molecule has 8 heteroatoms. The fourth-order valence-electron chi connectivity index (χ4n) is 4.30. The summed E-state index contributed by atoms with van der Waals surface area (Å²) in [4.78, 5) is 30.9. The SMILES string of the molecule is CC[C@@]1(N2CCN(C(=O)Nc3ccc(Cl)cc3C)CC2)CCN(C(=O)NC)C1. The fourth-order valence-corrected chi connectivity index (χ4v) is 4.53. The summed E-state index contributed by atoms with van der Waals surface area (Å²) in [7, 11) is 1.67. The van der Waals surface area contributed by atoms with Crippen molar-refractivity contribution in [1.29, 1.82) is 0 Å². The van der Waals surface area contributed by atoms with Crippen LogP contribution in [0.1, 0.15) is 25.3 Å². The van der Waals surface area contributed by atoms with Crippen LogP contribution in [0.2, 0.25) is 5.02 Å². The normalized spacial score (nSPS) is 23.0. The van der Waals surface area contributed by atoms with Crippen molar-refractivity contribution in [1.82, 2.24) is 20.0 Å². The number of nitrogens with zero attached hydrogens (tertiary/aromatic N) is 3. The summed E-state index contributed by atoms with van der Waals surface area (Å²) >= 11 is 5.99. The van der Waals surface area contributed by atoms with Gasteiger partial charge in [0.1, 0.15) is 0 Å². The number of likely N-dealkylation sites (tertiary alicyclic amines) is 1. The van der Waals surface area contributed by atoms with Crippen LogP contribution in [0.3, 0.4) is 0 Å². The summed E-state index contributed by atoms with van der Waals surface area (Å²) in [5, 5.41) is 6.38. The number of rotatable bonds is 3. The van der Waals surface area contributed by atoms with E-state index in [4.69, 9.17) is 11.6 Å². The van der Waals surface area contributed by atoms with Crippen LogP contribution in [-0.4, -0.2) is 78.6 Å². The molecule has 2 aliphatic rings. The number of hydrogen-bond acceptors (Lipinski definition) is 3. The van der Waals surface area contributed by atoms with E-state index < -0.39 is 0 Å². The van der Waals surface area contributed by atoms with Gasteiger partial charge in [-0.3, -0.25) is 4.90 Å². The van der Waals surface area contributed by atoms with Crippen molar-refractivity contribution < 1.29 is 9.59 Å². The Morgan fingerprint density at radius 2 is 1.82 bits per heavy atom. The van der Waals surface area contributed by atoms with Gasteiger partial charge in [0, 0.05) is 62.6 Å². The van der Waals surface area contributed by atoms with Gasteiger partial charge in [0.2, 0.25) is 0 Å². The zero-order chi connectivity index (χ0) is 20.3. The predicted octanol–water partition coefficient (Wildman–Crippen LogP) is 2.99. The second-order valence-corrected chi connectivity index (χ2v) is 8.10. The lowest BCUT2D eigenvalue weighted by Gasteiger charge is -2.45. The van der Waals surface area contributed by atoms with Gasteiger partial charge in [0.25, 0.3) is 0 Å². The van der Waals surface area contributed by atoms with E-state index in [2.05, 4.69) is 22.5 Å². The van der Waals surface area contributed by atoms with Gasteiger partial charge in [-0.2, -0.15) is 0 Å². The van der Waals surface area contributed by atoms with E-state index in [-0.39, 0.29) is 17.6 Å². The first kappa shape index (κ1) is 20.7.